The van der Waals surface area contributed by atoms with Crippen molar-refractivity contribution in [1.82, 2.24) is 10.2 Å². The molecule has 0 aromatic heterocycles. The smallest absolute Gasteiger partial charge is 0.305 e. The number of aliphatic carboxylic acids is 1. The molecule has 0 radical (unpaired) electrons. The van der Waals surface area contributed by atoms with Crippen molar-refractivity contribution in [2.75, 3.05) is 25.2 Å². The molecule has 0 spiro atoms. The summed E-state index contributed by atoms with van der Waals surface area (Å²) in [5, 5.41) is 11.8. The van der Waals surface area contributed by atoms with Crippen molar-refractivity contribution in [3.8, 4) is 5.75 Å². The van der Waals surface area contributed by atoms with Gasteiger partial charge in [-0.15, -0.1) is 0 Å². The highest BCUT2D eigenvalue weighted by Crippen LogP contribution is 2.22. The zero-order valence-electron chi connectivity index (χ0n) is 15.4. The molecule has 0 saturated carbocycles. The Kier molecular flexibility index (Phi) is 8.44. The number of nitrogens with zero attached hydrogens (tertiary/aromatic N) is 1. The molecular formula is C19H26N2O5S. The first-order chi connectivity index (χ1) is 13.0. The monoisotopic (exact) mass is 394 g/mol. The Morgan fingerprint density at radius 1 is 1.33 bits per heavy atom. The van der Waals surface area contributed by atoms with E-state index in [2.05, 4.69) is 5.32 Å². The lowest BCUT2D eigenvalue weighted by atomic mass is 10.1. The first kappa shape index (κ1) is 21.1. The third kappa shape index (κ3) is 6.78. The Hall–Kier alpha value is -2.22. The molecular weight excluding hydrogens is 368 g/mol. The highest BCUT2D eigenvalue weighted by Gasteiger charge is 2.34. The van der Waals surface area contributed by atoms with Gasteiger partial charge in [0.05, 0.1) is 6.42 Å². The predicted octanol–water partition coefficient (Wildman–Crippen LogP) is 1.77. The van der Waals surface area contributed by atoms with E-state index in [1.807, 2.05) is 24.5 Å². The summed E-state index contributed by atoms with van der Waals surface area (Å²) >= 11 is 1.59. The van der Waals surface area contributed by atoms with Gasteiger partial charge in [0, 0.05) is 12.6 Å². The maximum Gasteiger partial charge on any atom is 0.305 e. The number of ether oxygens (including phenoxy) is 1. The van der Waals surface area contributed by atoms with Gasteiger partial charge >= 0.3 is 5.97 Å². The number of thioether (sulfide) groups is 1. The number of hydrogen-bond donors (Lipinski definition) is 2. The Balaban J connectivity index is 1.95. The zero-order valence-corrected chi connectivity index (χ0v) is 16.2. The largest absolute Gasteiger partial charge is 0.484 e. The van der Waals surface area contributed by atoms with E-state index < -0.39 is 12.0 Å². The van der Waals surface area contributed by atoms with E-state index >= 15 is 0 Å². The van der Waals surface area contributed by atoms with Crippen LogP contribution in [0.1, 0.15) is 25.7 Å². The van der Waals surface area contributed by atoms with Crippen LogP contribution in [0.3, 0.4) is 0 Å². The number of para-hydroxylation sites is 1. The molecule has 148 valence electrons. The lowest BCUT2D eigenvalue weighted by Crippen LogP contribution is -2.51. The average Bonchev–Trinajstić information content (AvgIpc) is 3.11. The van der Waals surface area contributed by atoms with Crippen LogP contribution in [0.15, 0.2) is 30.3 Å². The van der Waals surface area contributed by atoms with Gasteiger partial charge in [0.25, 0.3) is 5.91 Å². The summed E-state index contributed by atoms with van der Waals surface area (Å²) in [5.41, 5.74) is 0. The van der Waals surface area contributed by atoms with Crippen molar-refractivity contribution in [2.24, 2.45) is 0 Å². The summed E-state index contributed by atoms with van der Waals surface area (Å²) in [7, 11) is 0. The number of rotatable bonds is 10. The summed E-state index contributed by atoms with van der Waals surface area (Å²) in [5.74, 6) is -0.192. The molecule has 7 nitrogen and oxygen atoms in total. The molecule has 27 heavy (non-hydrogen) atoms. The molecule has 2 rings (SSSR count). The summed E-state index contributed by atoms with van der Waals surface area (Å²) < 4.78 is 5.43. The first-order valence-electron chi connectivity index (χ1n) is 8.99. The molecule has 1 saturated heterocycles. The minimum absolute atomic E-state index is 0.0634. The van der Waals surface area contributed by atoms with Crippen LogP contribution in [0.5, 0.6) is 5.75 Å². The third-order valence-corrected chi connectivity index (χ3v) is 5.07. The fraction of sp³-hybridized carbons (Fsp3) is 0.526. The highest BCUT2D eigenvalue weighted by molar-refractivity contribution is 7.98. The standard InChI is InChI=1S/C19H26N2O5S/c1-27-11-9-16(19(25)21-10-5-6-14(21)12-18(23)24)20-17(22)13-26-15-7-3-2-4-8-15/h2-4,7-8,14,16H,5-6,9-13H2,1H3,(H,20,22)(H,23,24). The van der Waals surface area contributed by atoms with Crippen molar-refractivity contribution in [3.63, 3.8) is 0 Å². The molecule has 2 N–H and O–H groups in total. The molecule has 1 aliphatic heterocycles. The fourth-order valence-corrected chi connectivity index (χ4v) is 3.61. The summed E-state index contributed by atoms with van der Waals surface area (Å²) in [6, 6.07) is 8.02. The second-order valence-electron chi connectivity index (χ2n) is 6.43. The number of nitrogens with one attached hydrogen (secondary N) is 1. The van der Waals surface area contributed by atoms with Gasteiger partial charge in [-0.2, -0.15) is 11.8 Å². The van der Waals surface area contributed by atoms with Gasteiger partial charge in [0.2, 0.25) is 5.91 Å². The Morgan fingerprint density at radius 2 is 2.07 bits per heavy atom. The number of carboxylic acids is 1. The SMILES string of the molecule is CSCCC(NC(=O)COc1ccccc1)C(=O)N1CCCC1CC(=O)O. The van der Waals surface area contributed by atoms with Gasteiger partial charge in [-0.1, -0.05) is 18.2 Å². The van der Waals surface area contributed by atoms with Crippen molar-refractivity contribution in [1.29, 1.82) is 0 Å². The summed E-state index contributed by atoms with van der Waals surface area (Å²) in [4.78, 5) is 37.8. The van der Waals surface area contributed by atoms with Gasteiger partial charge in [-0.05, 0) is 43.4 Å². The Labute approximate surface area is 163 Å². The molecule has 0 aliphatic carbocycles. The molecule has 1 fully saturated rings. The number of carboxylic acid groups (broad SMARTS) is 1. The van der Waals surface area contributed by atoms with Gasteiger partial charge in [0.1, 0.15) is 11.8 Å². The van der Waals surface area contributed by atoms with Crippen LogP contribution in [-0.4, -0.2) is 65.0 Å². The number of carbonyl (C=O) groups excluding carboxylic acids is 2. The third-order valence-electron chi connectivity index (χ3n) is 4.43. The molecule has 2 atom stereocenters. The van der Waals surface area contributed by atoms with Crippen molar-refractivity contribution in [2.45, 2.75) is 37.8 Å². The lowest BCUT2D eigenvalue weighted by Gasteiger charge is -2.28. The predicted molar refractivity (Wildman–Crippen MR) is 104 cm³/mol. The summed E-state index contributed by atoms with van der Waals surface area (Å²) in [6.45, 7) is 0.356. The quantitative estimate of drug-likeness (QED) is 0.628. The second kappa shape index (κ2) is 10.8. The average molecular weight is 394 g/mol. The Bertz CT molecular complexity index is 640. The highest BCUT2D eigenvalue weighted by atomic mass is 32.2. The van der Waals surface area contributed by atoms with Gasteiger partial charge in [0.15, 0.2) is 6.61 Å². The van der Waals surface area contributed by atoms with Gasteiger partial charge in [-0.3, -0.25) is 14.4 Å². The maximum atomic E-state index is 12.9. The van der Waals surface area contributed by atoms with Crippen LogP contribution >= 0.6 is 11.8 Å². The molecule has 1 aromatic rings. The second-order valence-corrected chi connectivity index (χ2v) is 7.41. The number of benzene rings is 1. The van der Waals surface area contributed by atoms with Crippen molar-refractivity contribution < 1.29 is 24.2 Å². The molecule has 2 unspecified atom stereocenters. The van der Waals surface area contributed by atoms with Crippen LogP contribution in [0.4, 0.5) is 0 Å². The molecule has 0 bridgehead atoms. The topological polar surface area (TPSA) is 95.9 Å². The van der Waals surface area contributed by atoms with Crippen LogP contribution in [0.2, 0.25) is 0 Å². The number of likely N-dealkylation sites (tertiary alicyclic amines) is 1. The fourth-order valence-electron chi connectivity index (χ4n) is 3.13. The van der Waals surface area contributed by atoms with Crippen molar-refractivity contribution in [3.05, 3.63) is 30.3 Å². The van der Waals surface area contributed by atoms with E-state index in [0.29, 0.717) is 30.9 Å². The minimum Gasteiger partial charge on any atom is -0.484 e. The molecule has 1 aromatic carbocycles. The normalized spacial score (nSPS) is 17.4. The number of carbonyl (C=O) groups is 3. The minimum atomic E-state index is -0.916. The van der Waals surface area contributed by atoms with Crippen LogP contribution in [0, 0.1) is 0 Å². The van der Waals surface area contributed by atoms with Crippen LogP contribution in [0.25, 0.3) is 0 Å². The van der Waals surface area contributed by atoms with Crippen molar-refractivity contribution >= 4 is 29.5 Å². The number of hydrogen-bond acceptors (Lipinski definition) is 5. The van der Waals surface area contributed by atoms with Crippen LogP contribution in [-0.2, 0) is 14.4 Å². The molecule has 1 aliphatic rings. The van der Waals surface area contributed by atoms with Gasteiger partial charge in [-0.25, -0.2) is 0 Å². The zero-order chi connectivity index (χ0) is 19.6. The Morgan fingerprint density at radius 3 is 2.74 bits per heavy atom. The molecule has 8 heteroatoms. The molecule has 2 amide bonds. The maximum absolute atomic E-state index is 12.9. The lowest BCUT2D eigenvalue weighted by molar-refractivity contribution is -0.141. The summed E-state index contributed by atoms with van der Waals surface area (Å²) in [6.07, 6.45) is 3.83. The van der Waals surface area contributed by atoms with E-state index in [-0.39, 0.29) is 30.9 Å². The number of amides is 2. The van der Waals surface area contributed by atoms with E-state index in [0.717, 1.165) is 6.42 Å². The molecule has 1 heterocycles. The van der Waals surface area contributed by atoms with Crippen LogP contribution < -0.4 is 10.1 Å². The first-order valence-corrected chi connectivity index (χ1v) is 10.4. The van der Waals surface area contributed by atoms with Gasteiger partial charge < -0.3 is 20.1 Å². The van der Waals surface area contributed by atoms with E-state index in [9.17, 15) is 14.4 Å². The van der Waals surface area contributed by atoms with E-state index in [4.69, 9.17) is 9.84 Å². The van der Waals surface area contributed by atoms with E-state index in [1.54, 1.807) is 28.8 Å². The van der Waals surface area contributed by atoms with E-state index in [1.165, 1.54) is 0 Å².